The molecule has 0 aliphatic rings. The Hall–Kier alpha value is -1.82. The van der Waals surface area contributed by atoms with Crippen LogP contribution in [0.25, 0.3) is 5.69 Å². The molecule has 0 fully saturated rings. The number of aromatic nitrogens is 3. The van der Waals surface area contributed by atoms with Gasteiger partial charge in [-0.1, -0.05) is 0 Å². The van der Waals surface area contributed by atoms with Crippen LogP contribution < -0.4 is 5.73 Å². The van der Waals surface area contributed by atoms with Crippen molar-refractivity contribution in [3.8, 4) is 5.69 Å². The van der Waals surface area contributed by atoms with Crippen LogP contribution in [-0.2, 0) is 6.54 Å². The molecule has 0 saturated heterocycles. The van der Waals surface area contributed by atoms with E-state index in [1.54, 1.807) is 0 Å². The van der Waals surface area contributed by atoms with Crippen LogP contribution >= 0.6 is 0 Å². The molecule has 2 rings (SSSR count). The molecule has 0 atom stereocenters. The standard InChI is InChI=1S/C9H8F2N4/c10-7-2-8(11)9(1-6(7)3-12)15-4-13-14-5-15/h1-2,4-5H,3,12H2. The lowest BCUT2D eigenvalue weighted by Crippen LogP contribution is -2.04. The maximum absolute atomic E-state index is 13.4. The van der Waals surface area contributed by atoms with Gasteiger partial charge in [-0.15, -0.1) is 10.2 Å². The minimum Gasteiger partial charge on any atom is -0.326 e. The Kier molecular flexibility index (Phi) is 2.42. The Morgan fingerprint density at radius 2 is 1.80 bits per heavy atom. The van der Waals surface area contributed by atoms with Gasteiger partial charge in [0.25, 0.3) is 0 Å². The molecular weight excluding hydrogens is 202 g/mol. The molecule has 1 aromatic carbocycles. The second-order valence-electron chi connectivity index (χ2n) is 2.97. The van der Waals surface area contributed by atoms with Crippen LogP contribution in [0.2, 0.25) is 0 Å². The first-order valence-electron chi connectivity index (χ1n) is 4.25. The maximum Gasteiger partial charge on any atom is 0.150 e. The monoisotopic (exact) mass is 210 g/mol. The Balaban J connectivity index is 2.57. The van der Waals surface area contributed by atoms with Gasteiger partial charge in [0.15, 0.2) is 0 Å². The Bertz CT molecular complexity index is 467. The van der Waals surface area contributed by atoms with E-state index in [1.807, 2.05) is 0 Å². The summed E-state index contributed by atoms with van der Waals surface area (Å²) in [6.07, 6.45) is 2.66. The van der Waals surface area contributed by atoms with Crippen molar-refractivity contribution in [1.29, 1.82) is 0 Å². The lowest BCUT2D eigenvalue weighted by molar-refractivity contribution is 0.567. The highest BCUT2D eigenvalue weighted by Gasteiger charge is 2.10. The third-order valence-electron chi connectivity index (χ3n) is 2.03. The fourth-order valence-corrected chi connectivity index (χ4v) is 1.26. The fourth-order valence-electron chi connectivity index (χ4n) is 1.26. The van der Waals surface area contributed by atoms with E-state index in [1.165, 1.54) is 23.3 Å². The Morgan fingerprint density at radius 3 is 2.40 bits per heavy atom. The van der Waals surface area contributed by atoms with Gasteiger partial charge in [0.05, 0.1) is 5.69 Å². The van der Waals surface area contributed by atoms with Gasteiger partial charge in [0.2, 0.25) is 0 Å². The second kappa shape index (κ2) is 3.74. The number of hydrogen-bond acceptors (Lipinski definition) is 3. The predicted octanol–water partition coefficient (Wildman–Crippen LogP) is 1.00. The van der Waals surface area contributed by atoms with Crippen molar-refractivity contribution in [2.45, 2.75) is 6.54 Å². The van der Waals surface area contributed by atoms with Crippen LogP contribution in [-0.4, -0.2) is 14.8 Å². The molecule has 0 aliphatic carbocycles. The van der Waals surface area contributed by atoms with E-state index in [4.69, 9.17) is 5.73 Å². The largest absolute Gasteiger partial charge is 0.326 e. The predicted molar refractivity (Wildman–Crippen MR) is 49.2 cm³/mol. The van der Waals surface area contributed by atoms with Crippen molar-refractivity contribution < 1.29 is 8.78 Å². The van der Waals surface area contributed by atoms with Crippen molar-refractivity contribution in [3.05, 3.63) is 42.0 Å². The summed E-state index contributed by atoms with van der Waals surface area (Å²) in [4.78, 5) is 0. The lowest BCUT2D eigenvalue weighted by atomic mass is 10.2. The topological polar surface area (TPSA) is 56.7 Å². The molecule has 6 heteroatoms. The first-order valence-corrected chi connectivity index (χ1v) is 4.25. The zero-order valence-electron chi connectivity index (χ0n) is 7.69. The Labute approximate surface area is 84.4 Å². The number of benzene rings is 1. The molecule has 1 heterocycles. The average Bonchev–Trinajstić information content (AvgIpc) is 2.71. The molecule has 0 amide bonds. The highest BCUT2D eigenvalue weighted by Crippen LogP contribution is 2.17. The number of nitrogens with two attached hydrogens (primary N) is 1. The molecule has 0 radical (unpaired) electrons. The van der Waals surface area contributed by atoms with Crippen molar-refractivity contribution >= 4 is 0 Å². The van der Waals surface area contributed by atoms with Crippen molar-refractivity contribution in [2.24, 2.45) is 5.73 Å². The van der Waals surface area contributed by atoms with Gasteiger partial charge in [-0.05, 0) is 6.07 Å². The van der Waals surface area contributed by atoms with Crippen molar-refractivity contribution in [1.82, 2.24) is 14.8 Å². The summed E-state index contributed by atoms with van der Waals surface area (Å²) in [5, 5.41) is 7.08. The van der Waals surface area contributed by atoms with E-state index in [-0.39, 0.29) is 17.8 Å². The summed E-state index contributed by atoms with van der Waals surface area (Å²) < 4.78 is 27.8. The quantitative estimate of drug-likeness (QED) is 0.804. The van der Waals surface area contributed by atoms with E-state index in [9.17, 15) is 8.78 Å². The molecule has 4 nitrogen and oxygen atoms in total. The Morgan fingerprint density at radius 1 is 1.13 bits per heavy atom. The van der Waals surface area contributed by atoms with Gasteiger partial charge in [0.1, 0.15) is 24.3 Å². The molecular formula is C9H8F2N4. The van der Waals surface area contributed by atoms with Crippen LogP contribution in [0.5, 0.6) is 0 Å². The van der Waals surface area contributed by atoms with Crippen molar-refractivity contribution in [3.63, 3.8) is 0 Å². The van der Waals surface area contributed by atoms with E-state index < -0.39 is 11.6 Å². The third-order valence-corrected chi connectivity index (χ3v) is 2.03. The van der Waals surface area contributed by atoms with Gasteiger partial charge in [-0.2, -0.15) is 0 Å². The minimum absolute atomic E-state index is 0.0151. The van der Waals surface area contributed by atoms with Gasteiger partial charge in [0, 0.05) is 18.2 Å². The molecule has 0 spiro atoms. The number of hydrogen-bond donors (Lipinski definition) is 1. The van der Waals surface area contributed by atoms with Crippen molar-refractivity contribution in [2.75, 3.05) is 0 Å². The van der Waals surface area contributed by atoms with Gasteiger partial charge < -0.3 is 5.73 Å². The zero-order chi connectivity index (χ0) is 10.8. The van der Waals surface area contributed by atoms with Crippen LogP contribution in [0, 0.1) is 11.6 Å². The van der Waals surface area contributed by atoms with Gasteiger partial charge >= 0.3 is 0 Å². The number of halogens is 2. The molecule has 0 saturated carbocycles. The molecule has 78 valence electrons. The van der Waals surface area contributed by atoms with Gasteiger partial charge in [-0.3, -0.25) is 4.57 Å². The number of rotatable bonds is 2. The highest BCUT2D eigenvalue weighted by atomic mass is 19.1. The molecule has 15 heavy (non-hydrogen) atoms. The first kappa shape index (κ1) is 9.72. The first-order chi connectivity index (χ1) is 7.22. The second-order valence-corrected chi connectivity index (χ2v) is 2.97. The maximum atomic E-state index is 13.4. The summed E-state index contributed by atoms with van der Waals surface area (Å²) in [7, 11) is 0. The van der Waals surface area contributed by atoms with Crippen LogP contribution in [0.4, 0.5) is 8.78 Å². The summed E-state index contributed by atoms with van der Waals surface area (Å²) in [6, 6.07) is 2.14. The molecule has 2 aromatic rings. The smallest absolute Gasteiger partial charge is 0.150 e. The summed E-state index contributed by atoms with van der Waals surface area (Å²) >= 11 is 0. The lowest BCUT2D eigenvalue weighted by Gasteiger charge is -2.06. The normalized spacial score (nSPS) is 10.6. The summed E-state index contributed by atoms with van der Waals surface area (Å²) in [5.74, 6) is -1.32. The fraction of sp³-hybridized carbons (Fsp3) is 0.111. The molecule has 0 bridgehead atoms. The van der Waals surface area contributed by atoms with Crippen LogP contribution in [0.1, 0.15) is 5.56 Å². The van der Waals surface area contributed by atoms with E-state index in [0.717, 1.165) is 6.07 Å². The summed E-state index contributed by atoms with van der Waals surface area (Å²) in [5.41, 5.74) is 5.75. The van der Waals surface area contributed by atoms with Gasteiger partial charge in [-0.25, -0.2) is 8.78 Å². The van der Waals surface area contributed by atoms with E-state index in [2.05, 4.69) is 10.2 Å². The SMILES string of the molecule is NCc1cc(-n2cnnc2)c(F)cc1F. The summed E-state index contributed by atoms with van der Waals surface area (Å²) in [6.45, 7) is 0.0151. The molecule has 0 aliphatic heterocycles. The number of nitrogens with zero attached hydrogens (tertiary/aromatic N) is 3. The third kappa shape index (κ3) is 1.71. The molecule has 1 aromatic heterocycles. The van der Waals surface area contributed by atoms with E-state index >= 15 is 0 Å². The van der Waals surface area contributed by atoms with Crippen LogP contribution in [0.15, 0.2) is 24.8 Å². The van der Waals surface area contributed by atoms with E-state index in [0.29, 0.717) is 0 Å². The zero-order valence-corrected chi connectivity index (χ0v) is 7.69. The average molecular weight is 210 g/mol. The van der Waals surface area contributed by atoms with Crippen LogP contribution in [0.3, 0.4) is 0 Å². The molecule has 0 unspecified atom stereocenters. The minimum atomic E-state index is -0.676. The highest BCUT2D eigenvalue weighted by molar-refractivity contribution is 5.37. The molecule has 2 N–H and O–H groups in total.